The highest BCUT2D eigenvalue weighted by Gasteiger charge is 2.41. The number of fused-ring (bicyclic) bond motifs is 1. The number of carbonyl (C=O) groups is 1. The minimum atomic E-state index is -4.58. The average Bonchev–Trinajstić information content (AvgIpc) is 2.79. The quantitative estimate of drug-likeness (QED) is 0.781. The highest BCUT2D eigenvalue weighted by Crippen LogP contribution is 2.36. The molecule has 0 unspecified atom stereocenters. The van der Waals surface area contributed by atoms with Gasteiger partial charge in [-0.1, -0.05) is 15.9 Å². The Hall–Kier alpha value is -1.70. The molecule has 0 N–H and O–H groups in total. The Kier molecular flexibility index (Phi) is 3.35. The van der Waals surface area contributed by atoms with Crippen molar-refractivity contribution in [3.05, 3.63) is 39.8 Å². The van der Waals surface area contributed by atoms with E-state index in [0.29, 0.717) is 10.9 Å². The normalized spacial score (nSPS) is 15.1. The van der Waals surface area contributed by atoms with Crippen LogP contribution >= 0.6 is 15.9 Å². The number of hydrogen-bond donors (Lipinski definition) is 0. The van der Waals surface area contributed by atoms with Crippen molar-refractivity contribution >= 4 is 21.7 Å². The van der Waals surface area contributed by atoms with Gasteiger partial charge in [-0.05, 0) is 25.0 Å². The molecule has 0 saturated heterocycles. The molecule has 2 heterocycles. The van der Waals surface area contributed by atoms with E-state index in [1.165, 1.54) is 12.3 Å². The predicted octanol–water partition coefficient (Wildman–Crippen LogP) is 3.57. The summed E-state index contributed by atoms with van der Waals surface area (Å²) in [5, 5.41) is 3.61. The smallest absolute Gasteiger partial charge is 0.292 e. The molecule has 4 nitrogen and oxygen atoms in total. The first kappa shape index (κ1) is 14.2. The maximum Gasteiger partial charge on any atom is 0.435 e. The number of rotatable bonds is 1. The molecule has 0 amide bonds. The fourth-order valence-electron chi connectivity index (χ4n) is 2.42. The summed E-state index contributed by atoms with van der Waals surface area (Å²) >= 11 is 3.23. The number of Topliss-reactive ketones (excluding diaryl/α,β-unsaturated/α-hetero) is 1. The fourth-order valence-corrected chi connectivity index (χ4v) is 2.74. The zero-order valence-corrected chi connectivity index (χ0v) is 12.2. The molecule has 0 saturated carbocycles. The van der Waals surface area contributed by atoms with Crippen LogP contribution in [-0.4, -0.2) is 20.5 Å². The van der Waals surface area contributed by atoms with Gasteiger partial charge in [0.05, 0.1) is 0 Å². The third-order valence-corrected chi connectivity index (χ3v) is 3.76. The van der Waals surface area contributed by atoms with Gasteiger partial charge in [0.1, 0.15) is 5.69 Å². The Bertz CT molecular complexity index is 724. The maximum atomic E-state index is 13.1. The molecule has 0 bridgehead atoms. The van der Waals surface area contributed by atoms with Crippen molar-refractivity contribution in [3.8, 4) is 5.82 Å². The minimum absolute atomic E-state index is 0.000764. The lowest BCUT2D eigenvalue weighted by Crippen LogP contribution is -2.16. The van der Waals surface area contributed by atoms with E-state index in [0.717, 1.165) is 4.68 Å². The number of carbonyl (C=O) groups excluding carboxylic acids is 1. The first-order valence-electron chi connectivity index (χ1n) is 6.22. The summed E-state index contributed by atoms with van der Waals surface area (Å²) in [7, 11) is 0. The molecule has 0 aromatic carbocycles. The van der Waals surface area contributed by atoms with Crippen LogP contribution < -0.4 is 0 Å². The van der Waals surface area contributed by atoms with Crippen LogP contribution in [0.4, 0.5) is 13.2 Å². The molecule has 0 spiro atoms. The summed E-state index contributed by atoms with van der Waals surface area (Å²) in [5.74, 6) is -0.146. The Morgan fingerprint density at radius 3 is 2.71 bits per heavy atom. The van der Waals surface area contributed by atoms with Gasteiger partial charge >= 0.3 is 6.18 Å². The van der Waals surface area contributed by atoms with Crippen molar-refractivity contribution in [1.82, 2.24) is 14.8 Å². The molecule has 1 aliphatic rings. The highest BCUT2D eigenvalue weighted by atomic mass is 79.9. The fraction of sp³-hybridized carbons (Fsp3) is 0.308. The first-order chi connectivity index (χ1) is 9.88. The summed E-state index contributed by atoms with van der Waals surface area (Å²) in [6, 6.07) is 3.17. The van der Waals surface area contributed by atoms with Crippen molar-refractivity contribution in [2.45, 2.75) is 25.4 Å². The van der Waals surface area contributed by atoms with Crippen LogP contribution in [0.1, 0.15) is 34.6 Å². The summed E-state index contributed by atoms with van der Waals surface area (Å²) in [5.41, 5.74) is -1.02. The topological polar surface area (TPSA) is 47.8 Å². The van der Waals surface area contributed by atoms with Crippen LogP contribution in [0.2, 0.25) is 0 Å². The molecule has 0 aliphatic heterocycles. The van der Waals surface area contributed by atoms with Gasteiger partial charge in [0.25, 0.3) is 0 Å². The maximum absolute atomic E-state index is 13.1. The van der Waals surface area contributed by atoms with E-state index in [4.69, 9.17) is 0 Å². The second-order valence-electron chi connectivity index (χ2n) is 4.69. The third-order valence-electron chi connectivity index (χ3n) is 3.27. The van der Waals surface area contributed by atoms with E-state index in [-0.39, 0.29) is 35.7 Å². The first-order valence-corrected chi connectivity index (χ1v) is 7.01. The predicted molar refractivity (Wildman–Crippen MR) is 71.3 cm³/mol. The van der Waals surface area contributed by atoms with Gasteiger partial charge < -0.3 is 0 Å². The molecule has 1 aliphatic carbocycles. The molecular weight excluding hydrogens is 351 g/mol. The Balaban J connectivity index is 2.26. The van der Waals surface area contributed by atoms with Crippen molar-refractivity contribution in [3.63, 3.8) is 0 Å². The van der Waals surface area contributed by atoms with Crippen LogP contribution in [0.3, 0.4) is 0 Å². The summed E-state index contributed by atoms with van der Waals surface area (Å²) in [4.78, 5) is 16.0. The number of alkyl halides is 3. The number of pyridine rings is 1. The van der Waals surface area contributed by atoms with Gasteiger partial charge in [-0.2, -0.15) is 18.3 Å². The molecule has 2 aromatic heterocycles. The van der Waals surface area contributed by atoms with Crippen LogP contribution in [-0.2, 0) is 12.6 Å². The van der Waals surface area contributed by atoms with E-state index in [1.807, 2.05) is 0 Å². The number of aromatic nitrogens is 3. The van der Waals surface area contributed by atoms with E-state index >= 15 is 0 Å². The van der Waals surface area contributed by atoms with Gasteiger partial charge in [-0.15, -0.1) is 0 Å². The minimum Gasteiger partial charge on any atom is -0.292 e. The van der Waals surface area contributed by atoms with E-state index in [1.54, 1.807) is 6.07 Å². The van der Waals surface area contributed by atoms with Crippen LogP contribution in [0, 0.1) is 0 Å². The van der Waals surface area contributed by atoms with E-state index in [9.17, 15) is 18.0 Å². The Labute approximate surface area is 126 Å². The number of nitrogens with zero attached hydrogens (tertiary/aromatic N) is 3. The van der Waals surface area contributed by atoms with Crippen molar-refractivity contribution < 1.29 is 18.0 Å². The number of hydrogen-bond acceptors (Lipinski definition) is 3. The van der Waals surface area contributed by atoms with Gasteiger partial charge in [0.15, 0.2) is 17.3 Å². The van der Waals surface area contributed by atoms with Crippen molar-refractivity contribution in [2.24, 2.45) is 0 Å². The number of ketones is 1. The third kappa shape index (κ3) is 2.48. The standard InChI is InChI=1S/C13H9BrF3N3O/c14-7-4-5-18-10(6-7)20-11-8(2-1-3-9(11)21)12(19-20)13(15,16)17/h4-6H,1-3H2. The molecule has 0 radical (unpaired) electrons. The SMILES string of the molecule is O=C1CCCc2c(C(F)(F)F)nn(-c3cc(Br)ccn3)c21. The van der Waals surface area contributed by atoms with Gasteiger partial charge in [-0.25, -0.2) is 9.67 Å². The largest absolute Gasteiger partial charge is 0.435 e. The van der Waals surface area contributed by atoms with Gasteiger partial charge in [0.2, 0.25) is 0 Å². The van der Waals surface area contributed by atoms with Crippen LogP contribution in [0.5, 0.6) is 0 Å². The molecule has 8 heteroatoms. The molecule has 0 atom stereocenters. The second-order valence-corrected chi connectivity index (χ2v) is 5.61. The lowest BCUT2D eigenvalue weighted by molar-refractivity contribution is -0.142. The molecule has 21 heavy (non-hydrogen) atoms. The monoisotopic (exact) mass is 359 g/mol. The summed E-state index contributed by atoms with van der Waals surface area (Å²) < 4.78 is 40.9. The van der Waals surface area contributed by atoms with E-state index in [2.05, 4.69) is 26.0 Å². The molecule has 3 rings (SSSR count). The van der Waals surface area contributed by atoms with Crippen molar-refractivity contribution in [2.75, 3.05) is 0 Å². The van der Waals surface area contributed by atoms with E-state index < -0.39 is 11.9 Å². The molecule has 0 fully saturated rings. The molecule has 2 aromatic rings. The van der Waals surface area contributed by atoms with Gasteiger partial charge in [-0.3, -0.25) is 4.79 Å². The van der Waals surface area contributed by atoms with Crippen molar-refractivity contribution in [1.29, 1.82) is 0 Å². The highest BCUT2D eigenvalue weighted by molar-refractivity contribution is 9.10. The Morgan fingerprint density at radius 2 is 2.05 bits per heavy atom. The Morgan fingerprint density at radius 1 is 1.29 bits per heavy atom. The summed E-state index contributed by atoms with van der Waals surface area (Å²) in [6.45, 7) is 0. The van der Waals surface area contributed by atoms with Gasteiger partial charge in [0, 0.05) is 22.7 Å². The van der Waals surface area contributed by atoms with Crippen LogP contribution in [0.15, 0.2) is 22.8 Å². The molecular formula is C13H9BrF3N3O. The second kappa shape index (κ2) is 4.94. The zero-order chi connectivity index (χ0) is 15.2. The zero-order valence-electron chi connectivity index (χ0n) is 10.6. The lowest BCUT2D eigenvalue weighted by atomic mass is 9.94. The van der Waals surface area contributed by atoms with Crippen LogP contribution in [0.25, 0.3) is 5.82 Å². The number of halogens is 4. The lowest BCUT2D eigenvalue weighted by Gasteiger charge is -2.13. The summed E-state index contributed by atoms with van der Waals surface area (Å²) in [6.07, 6.45) is -2.31. The molecule has 110 valence electrons. The average molecular weight is 360 g/mol.